The predicted octanol–water partition coefficient (Wildman–Crippen LogP) is 2.30. The summed E-state index contributed by atoms with van der Waals surface area (Å²) in [4.78, 5) is 33.2. The van der Waals surface area contributed by atoms with Gasteiger partial charge in [-0.05, 0) is 44.4 Å². The minimum absolute atomic E-state index is 0.140. The van der Waals surface area contributed by atoms with Gasteiger partial charge in [0.05, 0.1) is 6.33 Å². The molecule has 3 heterocycles. The summed E-state index contributed by atoms with van der Waals surface area (Å²) < 4.78 is 2.02. The van der Waals surface area contributed by atoms with Crippen LogP contribution < -0.4 is 0 Å². The van der Waals surface area contributed by atoms with Crippen molar-refractivity contribution in [2.24, 2.45) is 11.3 Å². The van der Waals surface area contributed by atoms with Crippen molar-refractivity contribution in [3.63, 3.8) is 0 Å². The summed E-state index contributed by atoms with van der Waals surface area (Å²) in [6.45, 7) is 4.36. The van der Waals surface area contributed by atoms with Gasteiger partial charge in [0.25, 0.3) is 0 Å². The molecule has 6 heteroatoms. The lowest BCUT2D eigenvalue weighted by atomic mass is 9.73. The largest absolute Gasteiger partial charge is 0.342 e. The first-order chi connectivity index (χ1) is 12.6. The second kappa shape index (κ2) is 7.41. The van der Waals surface area contributed by atoms with Crippen molar-refractivity contribution in [2.45, 2.75) is 57.9 Å². The van der Waals surface area contributed by atoms with Gasteiger partial charge in [0, 0.05) is 63.4 Å². The van der Waals surface area contributed by atoms with E-state index in [-0.39, 0.29) is 11.3 Å². The van der Waals surface area contributed by atoms with Crippen LogP contribution in [0.5, 0.6) is 0 Å². The Morgan fingerprint density at radius 2 is 2.15 bits per heavy atom. The van der Waals surface area contributed by atoms with Crippen molar-refractivity contribution >= 4 is 11.8 Å². The van der Waals surface area contributed by atoms with E-state index in [1.807, 2.05) is 10.8 Å². The van der Waals surface area contributed by atoms with E-state index in [2.05, 4.69) is 14.8 Å². The van der Waals surface area contributed by atoms with E-state index in [0.29, 0.717) is 18.7 Å². The Hall–Kier alpha value is -1.85. The second-order valence-corrected chi connectivity index (χ2v) is 8.54. The van der Waals surface area contributed by atoms with Crippen molar-refractivity contribution in [3.8, 4) is 0 Å². The van der Waals surface area contributed by atoms with E-state index in [0.717, 1.165) is 64.3 Å². The van der Waals surface area contributed by atoms with Gasteiger partial charge in [-0.25, -0.2) is 4.98 Å². The fourth-order valence-corrected chi connectivity index (χ4v) is 4.62. The van der Waals surface area contributed by atoms with Crippen molar-refractivity contribution in [1.29, 1.82) is 0 Å². The van der Waals surface area contributed by atoms with Gasteiger partial charge in [0.1, 0.15) is 0 Å². The molecule has 1 aromatic heterocycles. The third-order valence-corrected chi connectivity index (χ3v) is 6.30. The van der Waals surface area contributed by atoms with E-state index in [1.165, 1.54) is 12.8 Å². The zero-order valence-electron chi connectivity index (χ0n) is 15.6. The molecule has 0 aromatic carbocycles. The van der Waals surface area contributed by atoms with Crippen molar-refractivity contribution in [1.82, 2.24) is 19.4 Å². The van der Waals surface area contributed by atoms with Crippen LogP contribution in [0.25, 0.3) is 0 Å². The predicted molar refractivity (Wildman–Crippen MR) is 98.2 cm³/mol. The highest BCUT2D eigenvalue weighted by atomic mass is 16.2. The number of hydrogen-bond donors (Lipinski definition) is 0. The summed E-state index contributed by atoms with van der Waals surface area (Å²) in [6.07, 6.45) is 13.3. The standard InChI is InChI=1S/C20H30N4O2/c25-18(3-1-10-22-12-9-21-16-22)23-11-2-7-20(14-23)8-6-19(26)24(15-20)13-17-4-5-17/h9,12,16-17H,1-8,10-11,13-15H2/t20-/m0/s1. The van der Waals surface area contributed by atoms with Gasteiger partial charge in [0.2, 0.25) is 11.8 Å². The maximum absolute atomic E-state index is 12.7. The number of hydrogen-bond acceptors (Lipinski definition) is 3. The van der Waals surface area contributed by atoms with Crippen LogP contribution in [0.1, 0.15) is 51.4 Å². The van der Waals surface area contributed by atoms with Crippen LogP contribution in [0, 0.1) is 11.3 Å². The number of carbonyl (C=O) groups excluding carboxylic acids is 2. The molecule has 1 atom stereocenters. The van der Waals surface area contributed by atoms with Crippen molar-refractivity contribution in [3.05, 3.63) is 18.7 Å². The first-order valence-corrected chi connectivity index (χ1v) is 10.1. The third-order valence-electron chi connectivity index (χ3n) is 6.30. The summed E-state index contributed by atoms with van der Waals surface area (Å²) in [7, 11) is 0. The first kappa shape index (κ1) is 17.6. The zero-order valence-corrected chi connectivity index (χ0v) is 15.6. The lowest BCUT2D eigenvalue weighted by molar-refractivity contribution is -0.143. The van der Waals surface area contributed by atoms with Gasteiger partial charge in [-0.2, -0.15) is 0 Å². The Morgan fingerprint density at radius 1 is 1.27 bits per heavy atom. The highest BCUT2D eigenvalue weighted by Crippen LogP contribution is 2.40. The molecule has 0 unspecified atom stereocenters. The molecule has 2 saturated heterocycles. The average Bonchev–Trinajstić information content (AvgIpc) is 3.30. The minimum Gasteiger partial charge on any atom is -0.342 e. The summed E-state index contributed by atoms with van der Waals surface area (Å²) >= 11 is 0. The van der Waals surface area contributed by atoms with E-state index >= 15 is 0 Å². The number of likely N-dealkylation sites (tertiary alicyclic amines) is 2. The van der Waals surface area contributed by atoms with Gasteiger partial charge >= 0.3 is 0 Å². The van der Waals surface area contributed by atoms with Gasteiger partial charge in [0.15, 0.2) is 0 Å². The Kier molecular flexibility index (Phi) is 5.00. The zero-order chi connectivity index (χ0) is 18.0. The van der Waals surface area contributed by atoms with E-state index < -0.39 is 0 Å². The number of piperidine rings is 2. The normalized spacial score (nSPS) is 26.5. The number of amides is 2. The SMILES string of the molecule is O=C(CCCn1ccnc1)N1CCC[C@]2(CCC(=O)N(CC3CC3)C2)C1. The topological polar surface area (TPSA) is 58.4 Å². The van der Waals surface area contributed by atoms with Crippen LogP contribution in [-0.4, -0.2) is 57.3 Å². The highest BCUT2D eigenvalue weighted by Gasteiger charge is 2.43. The Morgan fingerprint density at radius 3 is 2.92 bits per heavy atom. The molecule has 3 aliphatic rings. The van der Waals surface area contributed by atoms with Gasteiger partial charge in [-0.3, -0.25) is 9.59 Å². The first-order valence-electron chi connectivity index (χ1n) is 10.1. The molecule has 4 rings (SSSR count). The quantitative estimate of drug-likeness (QED) is 0.784. The molecule has 6 nitrogen and oxygen atoms in total. The maximum Gasteiger partial charge on any atom is 0.222 e. The van der Waals surface area contributed by atoms with Gasteiger partial charge < -0.3 is 14.4 Å². The average molecular weight is 358 g/mol. The molecular weight excluding hydrogens is 328 g/mol. The van der Waals surface area contributed by atoms with Crippen LogP contribution in [-0.2, 0) is 16.1 Å². The minimum atomic E-state index is 0.140. The maximum atomic E-state index is 12.7. The van der Waals surface area contributed by atoms with Crippen LogP contribution in [0.2, 0.25) is 0 Å². The number of aromatic nitrogens is 2. The molecular formula is C20H30N4O2. The Bertz CT molecular complexity index is 640. The molecule has 26 heavy (non-hydrogen) atoms. The molecule has 2 aliphatic heterocycles. The number of nitrogens with zero attached hydrogens (tertiary/aromatic N) is 4. The summed E-state index contributed by atoms with van der Waals surface area (Å²) in [5.74, 6) is 1.33. The fourth-order valence-electron chi connectivity index (χ4n) is 4.62. The monoisotopic (exact) mass is 358 g/mol. The van der Waals surface area contributed by atoms with E-state index in [9.17, 15) is 9.59 Å². The summed E-state index contributed by atoms with van der Waals surface area (Å²) in [6, 6.07) is 0. The van der Waals surface area contributed by atoms with Crippen LogP contribution in [0.15, 0.2) is 18.7 Å². The molecule has 0 radical (unpaired) electrons. The Labute approximate surface area is 155 Å². The fraction of sp³-hybridized carbons (Fsp3) is 0.750. The van der Waals surface area contributed by atoms with Crippen LogP contribution in [0.4, 0.5) is 0 Å². The number of aryl methyl sites for hydroxylation is 1. The summed E-state index contributed by atoms with van der Waals surface area (Å²) in [5.41, 5.74) is 0.140. The van der Waals surface area contributed by atoms with Gasteiger partial charge in [-0.1, -0.05) is 0 Å². The molecule has 0 bridgehead atoms. The van der Waals surface area contributed by atoms with Crippen LogP contribution in [0.3, 0.4) is 0 Å². The molecule has 1 spiro atoms. The highest BCUT2D eigenvalue weighted by molar-refractivity contribution is 5.78. The molecule has 1 saturated carbocycles. The molecule has 0 N–H and O–H groups in total. The number of carbonyl (C=O) groups is 2. The van der Waals surface area contributed by atoms with E-state index in [4.69, 9.17) is 0 Å². The van der Waals surface area contributed by atoms with Crippen LogP contribution >= 0.6 is 0 Å². The molecule has 142 valence electrons. The Balaban J connectivity index is 1.31. The number of rotatable bonds is 6. The second-order valence-electron chi connectivity index (χ2n) is 8.54. The lowest BCUT2D eigenvalue weighted by Crippen LogP contribution is -2.55. The smallest absolute Gasteiger partial charge is 0.222 e. The van der Waals surface area contributed by atoms with Crippen molar-refractivity contribution < 1.29 is 9.59 Å². The molecule has 1 aromatic rings. The molecule has 3 fully saturated rings. The summed E-state index contributed by atoms with van der Waals surface area (Å²) in [5, 5.41) is 0. The van der Waals surface area contributed by atoms with E-state index in [1.54, 1.807) is 12.5 Å². The molecule has 1 aliphatic carbocycles. The molecule has 2 amide bonds. The third kappa shape index (κ3) is 4.10. The number of imidazole rings is 1. The lowest BCUT2D eigenvalue weighted by Gasteiger charge is -2.48. The van der Waals surface area contributed by atoms with Gasteiger partial charge in [-0.15, -0.1) is 0 Å². The van der Waals surface area contributed by atoms with Crippen molar-refractivity contribution in [2.75, 3.05) is 26.2 Å².